The molecular weight excluding hydrogens is 318 g/mol. The Kier molecular flexibility index (Phi) is 2.91. The molecule has 4 aliphatic heterocycles. The molecule has 1 aromatic rings. The summed E-state index contributed by atoms with van der Waals surface area (Å²) in [6, 6.07) is 9.80. The molecule has 0 N–H and O–H groups in total. The average molecular weight is 341 g/mol. The van der Waals surface area contributed by atoms with Crippen LogP contribution in [0.5, 0.6) is 0 Å². The topological polar surface area (TPSA) is 37.4 Å². The first kappa shape index (κ1) is 15.0. The molecule has 2 bridgehead atoms. The van der Waals surface area contributed by atoms with E-state index in [-0.39, 0.29) is 21.3 Å². The van der Waals surface area contributed by atoms with E-state index in [2.05, 4.69) is 11.8 Å². The predicted octanol–water partition coefficient (Wildman–Crippen LogP) is 3.73. The number of carbonyl (C=O) groups excluding carboxylic acids is 2. The molecule has 4 heterocycles. The summed E-state index contributed by atoms with van der Waals surface area (Å²) in [4.78, 5) is 28.8. The second-order valence-corrected chi connectivity index (χ2v) is 9.47. The summed E-state index contributed by atoms with van der Waals surface area (Å²) < 4.78 is 0. The van der Waals surface area contributed by atoms with Crippen LogP contribution >= 0.6 is 11.8 Å². The van der Waals surface area contributed by atoms with E-state index in [1.54, 1.807) is 0 Å². The van der Waals surface area contributed by atoms with Gasteiger partial charge in [0.1, 0.15) is 10.3 Å². The van der Waals surface area contributed by atoms with Crippen LogP contribution in [0.2, 0.25) is 0 Å². The molecule has 4 atom stereocenters. The highest BCUT2D eigenvalue weighted by Crippen LogP contribution is 2.70. The number of rotatable bonds is 1. The van der Waals surface area contributed by atoms with Gasteiger partial charge >= 0.3 is 0 Å². The van der Waals surface area contributed by atoms with Gasteiger partial charge in [0, 0.05) is 12.0 Å². The fraction of sp³-hybridized carbons (Fsp3) is 0.600. The molecule has 1 aromatic carbocycles. The van der Waals surface area contributed by atoms with Gasteiger partial charge in [0.05, 0.1) is 0 Å². The summed E-state index contributed by atoms with van der Waals surface area (Å²) in [5.74, 6) is 0.527. The monoisotopic (exact) mass is 341 g/mol. The van der Waals surface area contributed by atoms with E-state index in [4.69, 9.17) is 0 Å². The average Bonchev–Trinajstić information content (AvgIpc) is 2.58. The highest BCUT2D eigenvalue weighted by Gasteiger charge is 2.74. The van der Waals surface area contributed by atoms with Crippen LogP contribution in [0.15, 0.2) is 30.3 Å². The quantitative estimate of drug-likeness (QED) is 0.731. The van der Waals surface area contributed by atoms with Gasteiger partial charge in [-0.2, -0.15) is 0 Å². The smallest absolute Gasteiger partial charge is 0.242 e. The predicted molar refractivity (Wildman–Crippen MR) is 94.5 cm³/mol. The van der Waals surface area contributed by atoms with Gasteiger partial charge in [0.15, 0.2) is 0 Å². The van der Waals surface area contributed by atoms with Gasteiger partial charge in [-0.25, -0.2) is 0 Å². The van der Waals surface area contributed by atoms with E-state index in [1.807, 2.05) is 30.3 Å². The van der Waals surface area contributed by atoms with Crippen molar-refractivity contribution in [2.24, 2.45) is 11.3 Å². The van der Waals surface area contributed by atoms with Crippen molar-refractivity contribution in [1.29, 1.82) is 0 Å². The Morgan fingerprint density at radius 3 is 2.67 bits per heavy atom. The second-order valence-electron chi connectivity index (χ2n) is 8.27. The van der Waals surface area contributed by atoms with Crippen LogP contribution in [0.1, 0.15) is 51.0 Å². The Labute approximate surface area is 147 Å². The molecule has 1 amide bonds. The fourth-order valence-corrected chi connectivity index (χ4v) is 8.02. The SMILES string of the molecule is CC12CCC[C@@H]3C[C@]4(c5ccccc5)C(=O)S[C@@]31N(CCC2)C4=O. The number of amides is 1. The molecule has 1 spiro atoms. The van der Waals surface area contributed by atoms with E-state index >= 15 is 0 Å². The van der Waals surface area contributed by atoms with Gasteiger partial charge in [-0.1, -0.05) is 55.4 Å². The van der Waals surface area contributed by atoms with Gasteiger partial charge in [-0.05, 0) is 43.6 Å². The summed E-state index contributed by atoms with van der Waals surface area (Å²) in [7, 11) is 0. The van der Waals surface area contributed by atoms with Crippen molar-refractivity contribution < 1.29 is 9.59 Å². The minimum Gasteiger partial charge on any atom is -0.326 e. The zero-order valence-electron chi connectivity index (χ0n) is 14.1. The number of hydrogen-bond donors (Lipinski definition) is 0. The fourth-order valence-electron chi connectivity index (χ4n) is 6.17. The summed E-state index contributed by atoms with van der Waals surface area (Å²) in [6.07, 6.45) is 6.45. The Bertz CT molecular complexity index is 730. The third-order valence-electron chi connectivity index (χ3n) is 7.24. The third-order valence-corrected chi connectivity index (χ3v) is 9.13. The molecule has 3 nitrogen and oxygen atoms in total. The lowest BCUT2D eigenvalue weighted by Gasteiger charge is -2.70. The van der Waals surface area contributed by atoms with Crippen LogP contribution < -0.4 is 0 Å². The Balaban J connectivity index is 1.73. The molecular formula is C20H23NO2S. The van der Waals surface area contributed by atoms with E-state index in [1.165, 1.54) is 18.2 Å². The molecule has 4 saturated heterocycles. The van der Waals surface area contributed by atoms with Crippen molar-refractivity contribution in [3.8, 4) is 0 Å². The van der Waals surface area contributed by atoms with Crippen LogP contribution in [0.25, 0.3) is 0 Å². The molecule has 1 unspecified atom stereocenters. The summed E-state index contributed by atoms with van der Waals surface area (Å²) in [5, 5.41) is 0.0984. The van der Waals surface area contributed by atoms with E-state index in [0.29, 0.717) is 12.3 Å². The molecule has 126 valence electrons. The zero-order valence-corrected chi connectivity index (χ0v) is 14.9. The maximum Gasteiger partial charge on any atom is 0.242 e. The lowest BCUT2D eigenvalue weighted by Crippen LogP contribution is -2.78. The number of nitrogens with zero attached hydrogens (tertiary/aromatic N) is 1. The highest BCUT2D eigenvalue weighted by molar-refractivity contribution is 8.15. The Hall–Kier alpha value is -1.29. The van der Waals surface area contributed by atoms with Gasteiger partial charge in [0.2, 0.25) is 11.0 Å². The van der Waals surface area contributed by atoms with Crippen LogP contribution in [0.4, 0.5) is 0 Å². The van der Waals surface area contributed by atoms with Crippen molar-refractivity contribution in [2.75, 3.05) is 6.54 Å². The van der Waals surface area contributed by atoms with Gasteiger partial charge < -0.3 is 4.90 Å². The third kappa shape index (κ3) is 1.48. The van der Waals surface area contributed by atoms with Crippen molar-refractivity contribution in [2.45, 2.75) is 55.7 Å². The molecule has 6 rings (SSSR count). The van der Waals surface area contributed by atoms with Crippen LogP contribution in [0, 0.1) is 11.3 Å². The van der Waals surface area contributed by atoms with Crippen molar-refractivity contribution in [1.82, 2.24) is 4.90 Å². The summed E-state index contributed by atoms with van der Waals surface area (Å²) in [6.45, 7) is 3.15. The standard InChI is InChI=1S/C20H23NO2S/c1-18-10-5-9-15-13-19(14-7-3-2-4-8-14)16(22)21(12-6-11-18)20(15,18)24-17(19)23/h2-4,7-8,15H,5-6,9-13H2,1H3/t15-,18?,19-,20+/m1/s1. The minimum absolute atomic E-state index is 0.0847. The first-order valence-corrected chi connectivity index (χ1v) is 9.97. The number of carbonyl (C=O) groups is 2. The Morgan fingerprint density at radius 2 is 1.88 bits per heavy atom. The molecule has 5 aliphatic rings. The van der Waals surface area contributed by atoms with E-state index in [0.717, 1.165) is 37.8 Å². The number of piperidine rings is 2. The van der Waals surface area contributed by atoms with Crippen molar-refractivity contribution in [3.05, 3.63) is 35.9 Å². The maximum absolute atomic E-state index is 13.6. The van der Waals surface area contributed by atoms with Gasteiger partial charge in [0.25, 0.3) is 0 Å². The molecule has 24 heavy (non-hydrogen) atoms. The van der Waals surface area contributed by atoms with E-state index < -0.39 is 5.41 Å². The summed E-state index contributed by atoms with van der Waals surface area (Å²) >= 11 is 1.52. The van der Waals surface area contributed by atoms with Crippen LogP contribution in [-0.4, -0.2) is 27.3 Å². The van der Waals surface area contributed by atoms with E-state index in [9.17, 15) is 9.59 Å². The Morgan fingerprint density at radius 1 is 1.12 bits per heavy atom. The molecule has 0 aromatic heterocycles. The molecule has 5 fully saturated rings. The van der Waals surface area contributed by atoms with Crippen LogP contribution in [-0.2, 0) is 15.0 Å². The van der Waals surface area contributed by atoms with Gasteiger partial charge in [-0.3, -0.25) is 9.59 Å². The maximum atomic E-state index is 13.6. The zero-order chi connectivity index (χ0) is 16.6. The lowest BCUT2D eigenvalue weighted by atomic mass is 9.54. The second kappa shape index (κ2) is 4.66. The number of thioether (sulfide) groups is 1. The normalized spacial score (nSPS) is 43.7. The lowest BCUT2D eigenvalue weighted by molar-refractivity contribution is -0.174. The molecule has 1 aliphatic carbocycles. The molecule has 1 saturated carbocycles. The first-order valence-electron chi connectivity index (χ1n) is 9.16. The molecule has 4 heteroatoms. The number of benzene rings is 1. The largest absolute Gasteiger partial charge is 0.326 e. The first-order chi connectivity index (χ1) is 11.5. The summed E-state index contributed by atoms with van der Waals surface area (Å²) in [5.41, 5.74) is 0.0556. The highest BCUT2D eigenvalue weighted by atomic mass is 32.2. The number of hydrogen-bond acceptors (Lipinski definition) is 3. The van der Waals surface area contributed by atoms with Crippen molar-refractivity contribution in [3.63, 3.8) is 0 Å². The van der Waals surface area contributed by atoms with Crippen LogP contribution in [0.3, 0.4) is 0 Å². The van der Waals surface area contributed by atoms with Gasteiger partial charge in [-0.15, -0.1) is 0 Å². The number of fused-ring (bicyclic) bond motifs is 1. The van der Waals surface area contributed by atoms with Crippen molar-refractivity contribution >= 4 is 22.8 Å². The molecule has 0 radical (unpaired) electrons. The minimum atomic E-state index is -0.937.